The molecule has 0 bridgehead atoms. The maximum absolute atomic E-state index is 12.6. The van der Waals surface area contributed by atoms with Gasteiger partial charge in [0.1, 0.15) is 11.8 Å². The first-order chi connectivity index (χ1) is 9.70. The van der Waals surface area contributed by atoms with Crippen LogP contribution in [0.4, 0.5) is 5.69 Å². The van der Waals surface area contributed by atoms with E-state index in [1.807, 2.05) is 24.3 Å². The lowest BCUT2D eigenvalue weighted by Gasteiger charge is -2.25. The number of anilines is 1. The predicted octanol–water partition coefficient (Wildman–Crippen LogP) is 1.42. The summed E-state index contributed by atoms with van der Waals surface area (Å²) < 4.78 is 5.13. The number of ether oxygens (including phenoxy) is 1. The van der Waals surface area contributed by atoms with Crippen LogP contribution < -0.4 is 9.64 Å². The lowest BCUT2D eigenvalue weighted by Crippen LogP contribution is -2.43. The Morgan fingerprint density at radius 1 is 1.15 bits per heavy atom. The van der Waals surface area contributed by atoms with Crippen molar-refractivity contribution in [2.24, 2.45) is 0 Å². The number of methoxy groups -OCH3 is 1. The molecule has 1 atom stereocenters. The summed E-state index contributed by atoms with van der Waals surface area (Å²) in [6.45, 7) is 1.17. The van der Waals surface area contributed by atoms with Crippen molar-refractivity contribution in [3.63, 3.8) is 0 Å². The number of hydrogen-bond acceptors (Lipinski definition) is 3. The quantitative estimate of drug-likeness (QED) is 0.819. The molecule has 3 rings (SSSR count). The third kappa shape index (κ3) is 2.13. The lowest BCUT2D eigenvalue weighted by atomic mass is 10.2. The van der Waals surface area contributed by atoms with Crippen LogP contribution in [-0.2, 0) is 9.59 Å². The minimum atomic E-state index is -0.271. The zero-order valence-electron chi connectivity index (χ0n) is 11.5. The molecule has 1 aromatic carbocycles. The Morgan fingerprint density at radius 2 is 1.90 bits per heavy atom. The van der Waals surface area contributed by atoms with E-state index in [0.717, 1.165) is 24.3 Å². The fourth-order valence-corrected chi connectivity index (χ4v) is 2.98. The molecule has 0 N–H and O–H groups in total. The molecule has 2 saturated heterocycles. The van der Waals surface area contributed by atoms with Gasteiger partial charge < -0.3 is 14.5 Å². The number of hydrogen-bond donors (Lipinski definition) is 0. The van der Waals surface area contributed by atoms with Crippen LogP contribution in [0.15, 0.2) is 24.3 Å². The van der Waals surface area contributed by atoms with Gasteiger partial charge in [-0.25, -0.2) is 0 Å². The summed E-state index contributed by atoms with van der Waals surface area (Å²) >= 11 is 0. The summed E-state index contributed by atoms with van der Waals surface area (Å²) in [7, 11) is 1.61. The van der Waals surface area contributed by atoms with Gasteiger partial charge in [0.15, 0.2) is 0 Å². The molecule has 0 aliphatic carbocycles. The fraction of sp³-hybridized carbons (Fsp3) is 0.467. The highest BCUT2D eigenvalue weighted by Crippen LogP contribution is 2.27. The van der Waals surface area contributed by atoms with E-state index in [9.17, 15) is 9.59 Å². The van der Waals surface area contributed by atoms with E-state index in [4.69, 9.17) is 4.74 Å². The molecule has 20 heavy (non-hydrogen) atoms. The monoisotopic (exact) mass is 274 g/mol. The summed E-state index contributed by atoms with van der Waals surface area (Å²) in [6.07, 6.45) is 2.09. The van der Waals surface area contributed by atoms with Gasteiger partial charge in [-0.05, 0) is 37.1 Å². The van der Waals surface area contributed by atoms with Crippen LogP contribution >= 0.6 is 0 Å². The van der Waals surface area contributed by atoms with Gasteiger partial charge in [-0.15, -0.1) is 0 Å². The summed E-state index contributed by atoms with van der Waals surface area (Å²) in [5.41, 5.74) is 0.831. The summed E-state index contributed by atoms with van der Waals surface area (Å²) in [6, 6.07) is 7.13. The van der Waals surface area contributed by atoms with Gasteiger partial charge in [0.2, 0.25) is 11.8 Å². The van der Waals surface area contributed by atoms with Crippen molar-refractivity contribution < 1.29 is 14.3 Å². The molecule has 5 heteroatoms. The molecular formula is C15H18N2O3. The lowest BCUT2D eigenvalue weighted by molar-refractivity contribution is -0.135. The van der Waals surface area contributed by atoms with Gasteiger partial charge in [0, 0.05) is 25.2 Å². The van der Waals surface area contributed by atoms with Crippen molar-refractivity contribution in [3.8, 4) is 5.75 Å². The Kier molecular flexibility index (Phi) is 3.34. The van der Waals surface area contributed by atoms with E-state index in [0.29, 0.717) is 19.5 Å². The minimum absolute atomic E-state index is 0.0403. The van der Waals surface area contributed by atoms with E-state index in [2.05, 4.69) is 0 Å². The van der Waals surface area contributed by atoms with Crippen molar-refractivity contribution in [1.29, 1.82) is 0 Å². The Hall–Kier alpha value is -2.04. The van der Waals surface area contributed by atoms with Gasteiger partial charge in [0.05, 0.1) is 7.11 Å². The first-order valence-electron chi connectivity index (χ1n) is 6.95. The third-order valence-corrected chi connectivity index (χ3v) is 4.06. The minimum Gasteiger partial charge on any atom is -0.497 e. The second-order valence-corrected chi connectivity index (χ2v) is 5.18. The molecule has 0 saturated carbocycles. The van der Waals surface area contributed by atoms with Crippen LogP contribution in [0.25, 0.3) is 0 Å². The number of nitrogens with zero attached hydrogens (tertiary/aromatic N) is 2. The summed E-state index contributed by atoms with van der Waals surface area (Å²) in [4.78, 5) is 28.1. The Labute approximate surface area is 118 Å². The number of benzene rings is 1. The molecule has 2 amide bonds. The summed E-state index contributed by atoms with van der Waals surface area (Å²) in [5.74, 6) is 0.893. The molecule has 1 unspecified atom stereocenters. The molecule has 0 aromatic heterocycles. The van der Waals surface area contributed by atoms with Crippen molar-refractivity contribution >= 4 is 17.5 Å². The van der Waals surface area contributed by atoms with E-state index < -0.39 is 0 Å². The molecule has 5 nitrogen and oxygen atoms in total. The van der Waals surface area contributed by atoms with Gasteiger partial charge in [-0.2, -0.15) is 0 Å². The molecule has 0 radical (unpaired) electrons. The molecule has 106 valence electrons. The van der Waals surface area contributed by atoms with E-state index >= 15 is 0 Å². The smallest absolute Gasteiger partial charge is 0.249 e. The topological polar surface area (TPSA) is 49.9 Å². The van der Waals surface area contributed by atoms with Crippen molar-refractivity contribution in [1.82, 2.24) is 4.90 Å². The molecule has 2 heterocycles. The fourth-order valence-electron chi connectivity index (χ4n) is 2.98. The molecular weight excluding hydrogens is 256 g/mol. The predicted molar refractivity (Wildman–Crippen MR) is 74.7 cm³/mol. The van der Waals surface area contributed by atoms with Crippen LogP contribution in [0.3, 0.4) is 0 Å². The van der Waals surface area contributed by atoms with Gasteiger partial charge in [-0.1, -0.05) is 0 Å². The number of rotatable bonds is 2. The number of carbonyl (C=O) groups excluding carboxylic acids is 2. The van der Waals surface area contributed by atoms with Gasteiger partial charge in [0.25, 0.3) is 0 Å². The van der Waals surface area contributed by atoms with Crippen LogP contribution in [0.5, 0.6) is 5.75 Å². The first-order valence-corrected chi connectivity index (χ1v) is 6.95. The third-order valence-electron chi connectivity index (χ3n) is 4.06. The van der Waals surface area contributed by atoms with Crippen LogP contribution in [0, 0.1) is 0 Å². The standard InChI is InChI=1S/C15H18N2O3/c1-20-12-6-4-11(5-7-12)16-10-8-14(18)17-9-2-3-13(17)15(16)19/h4-7,13H,2-3,8-10H2,1H3. The Morgan fingerprint density at radius 3 is 2.60 bits per heavy atom. The zero-order valence-corrected chi connectivity index (χ0v) is 11.5. The van der Waals surface area contributed by atoms with Gasteiger partial charge in [-0.3, -0.25) is 9.59 Å². The second-order valence-electron chi connectivity index (χ2n) is 5.18. The highest BCUT2D eigenvalue weighted by Gasteiger charge is 2.39. The highest BCUT2D eigenvalue weighted by molar-refractivity contribution is 6.01. The molecule has 2 aliphatic heterocycles. The van der Waals surface area contributed by atoms with E-state index in [1.165, 1.54) is 0 Å². The van der Waals surface area contributed by atoms with Crippen LogP contribution in [0.2, 0.25) is 0 Å². The number of carbonyl (C=O) groups is 2. The molecule has 1 aromatic rings. The van der Waals surface area contributed by atoms with Gasteiger partial charge >= 0.3 is 0 Å². The maximum Gasteiger partial charge on any atom is 0.249 e. The van der Waals surface area contributed by atoms with Crippen LogP contribution in [0.1, 0.15) is 19.3 Å². The highest BCUT2D eigenvalue weighted by atomic mass is 16.5. The Bertz CT molecular complexity index is 526. The summed E-state index contributed by atoms with van der Waals surface area (Å²) in [5, 5.41) is 0. The SMILES string of the molecule is COc1ccc(N2CCC(=O)N3CCCC3C2=O)cc1. The largest absolute Gasteiger partial charge is 0.497 e. The van der Waals surface area contributed by atoms with E-state index in [1.54, 1.807) is 16.9 Å². The maximum atomic E-state index is 12.6. The average Bonchev–Trinajstić information content (AvgIpc) is 2.93. The Balaban J connectivity index is 1.88. The van der Waals surface area contributed by atoms with E-state index in [-0.39, 0.29) is 17.9 Å². The van der Waals surface area contributed by atoms with Crippen molar-refractivity contribution in [2.75, 3.05) is 25.1 Å². The normalized spacial score (nSPS) is 22.8. The number of amides is 2. The van der Waals surface area contributed by atoms with Crippen molar-refractivity contribution in [3.05, 3.63) is 24.3 Å². The molecule has 2 fully saturated rings. The first kappa shape index (κ1) is 13.0. The number of fused-ring (bicyclic) bond motifs is 1. The molecule has 2 aliphatic rings. The zero-order chi connectivity index (χ0) is 14.1. The molecule has 0 spiro atoms. The average molecular weight is 274 g/mol. The second kappa shape index (κ2) is 5.15. The van der Waals surface area contributed by atoms with Crippen molar-refractivity contribution in [2.45, 2.75) is 25.3 Å². The van der Waals surface area contributed by atoms with Crippen LogP contribution in [-0.4, -0.2) is 43.0 Å².